The molecule has 2 heterocycles. The van der Waals surface area contributed by atoms with Crippen LogP contribution in [0.5, 0.6) is 0 Å². The van der Waals surface area contributed by atoms with E-state index in [1.54, 1.807) is 24.6 Å². The molecule has 0 aromatic carbocycles. The van der Waals surface area contributed by atoms with Crippen LogP contribution in [0, 0.1) is 6.92 Å². The molecule has 10 heteroatoms. The molecule has 1 N–H and O–H groups in total. The molecule has 132 valence electrons. The summed E-state index contributed by atoms with van der Waals surface area (Å²) in [6.07, 6.45) is 0.489. The van der Waals surface area contributed by atoms with Gasteiger partial charge in [-0.25, -0.2) is 28.2 Å². The van der Waals surface area contributed by atoms with Gasteiger partial charge in [-0.3, -0.25) is 0 Å². The van der Waals surface area contributed by atoms with Gasteiger partial charge in [0.25, 0.3) is 6.43 Å². The van der Waals surface area contributed by atoms with Gasteiger partial charge in [0.2, 0.25) is 0 Å². The van der Waals surface area contributed by atoms with Crippen LogP contribution < -0.4 is 5.32 Å². The minimum absolute atomic E-state index is 0.100. The highest BCUT2D eigenvalue weighted by atomic mass is 32.1. The number of nitrogens with zero attached hydrogens (tertiary/aromatic N) is 5. The average Bonchev–Trinajstić information content (AvgIpc) is 3.13. The summed E-state index contributed by atoms with van der Waals surface area (Å²) in [6, 6.07) is -0.304. The molecule has 0 aliphatic carbocycles. The Morgan fingerprint density at radius 2 is 2.21 bits per heavy atom. The first-order valence-corrected chi connectivity index (χ1v) is 8.24. The third kappa shape index (κ3) is 4.95. The molecule has 1 atom stereocenters. The SMILES string of the molecule is Cc1cnc([C@H](C)CNC(=O)N(C)Cc2ncnn2CC(F)F)s1. The van der Waals surface area contributed by atoms with Crippen LogP contribution in [-0.2, 0) is 13.1 Å². The maximum absolute atomic E-state index is 12.5. The van der Waals surface area contributed by atoms with Crippen LogP contribution in [-0.4, -0.2) is 50.7 Å². The maximum atomic E-state index is 12.5. The highest BCUT2D eigenvalue weighted by Gasteiger charge is 2.17. The van der Waals surface area contributed by atoms with Crippen molar-refractivity contribution >= 4 is 17.4 Å². The standard InChI is InChI=1S/C14H20F2N6OS/c1-9(13-17-5-10(2)24-13)4-18-14(23)21(3)7-12-19-8-20-22(12)6-11(15)16/h5,8-9,11H,4,6-7H2,1-3H3,(H,18,23)/t9-/m1/s1. The molecule has 0 spiro atoms. The number of carbonyl (C=O) groups excluding carboxylic acids is 1. The molecular weight excluding hydrogens is 338 g/mol. The molecule has 2 amide bonds. The molecule has 0 bridgehead atoms. The zero-order valence-corrected chi connectivity index (χ0v) is 14.6. The van der Waals surface area contributed by atoms with E-state index in [1.807, 2.05) is 13.8 Å². The Morgan fingerprint density at radius 3 is 2.83 bits per heavy atom. The quantitative estimate of drug-likeness (QED) is 0.824. The van der Waals surface area contributed by atoms with Crippen molar-refractivity contribution in [3.8, 4) is 0 Å². The molecule has 0 aliphatic heterocycles. The van der Waals surface area contributed by atoms with Gasteiger partial charge in [0, 0.05) is 30.6 Å². The Hall–Kier alpha value is -2.10. The fourth-order valence-electron chi connectivity index (χ4n) is 2.04. The minimum atomic E-state index is -2.52. The van der Waals surface area contributed by atoms with Gasteiger partial charge in [-0.2, -0.15) is 5.10 Å². The molecule has 0 radical (unpaired) electrons. The van der Waals surface area contributed by atoms with Crippen LogP contribution >= 0.6 is 11.3 Å². The summed E-state index contributed by atoms with van der Waals surface area (Å²) in [5.41, 5.74) is 0. The van der Waals surface area contributed by atoms with E-state index in [1.165, 1.54) is 11.2 Å². The van der Waals surface area contributed by atoms with E-state index >= 15 is 0 Å². The molecule has 7 nitrogen and oxygen atoms in total. The van der Waals surface area contributed by atoms with Crippen molar-refractivity contribution in [3.05, 3.63) is 28.2 Å². The van der Waals surface area contributed by atoms with Gasteiger partial charge in [0.05, 0.1) is 11.6 Å². The lowest BCUT2D eigenvalue weighted by molar-refractivity contribution is 0.119. The number of hydrogen-bond donors (Lipinski definition) is 1. The lowest BCUT2D eigenvalue weighted by atomic mass is 10.2. The van der Waals surface area contributed by atoms with Gasteiger partial charge in [-0.05, 0) is 6.92 Å². The van der Waals surface area contributed by atoms with Gasteiger partial charge < -0.3 is 10.2 Å². The summed E-state index contributed by atoms with van der Waals surface area (Å²) in [7, 11) is 1.58. The third-order valence-electron chi connectivity index (χ3n) is 3.35. The van der Waals surface area contributed by atoms with Crippen LogP contribution in [0.2, 0.25) is 0 Å². The third-order valence-corrected chi connectivity index (χ3v) is 4.50. The number of nitrogens with one attached hydrogen (secondary N) is 1. The van der Waals surface area contributed by atoms with Gasteiger partial charge >= 0.3 is 6.03 Å². The van der Waals surface area contributed by atoms with Crippen LogP contribution in [0.3, 0.4) is 0 Å². The molecule has 0 saturated heterocycles. The zero-order chi connectivity index (χ0) is 17.7. The van der Waals surface area contributed by atoms with Crippen molar-refractivity contribution in [1.29, 1.82) is 0 Å². The summed E-state index contributed by atoms with van der Waals surface area (Å²) >= 11 is 1.60. The van der Waals surface area contributed by atoms with Crippen LogP contribution in [0.15, 0.2) is 12.5 Å². The Morgan fingerprint density at radius 1 is 1.46 bits per heavy atom. The summed E-state index contributed by atoms with van der Waals surface area (Å²) in [4.78, 5) is 22.9. The first kappa shape index (κ1) is 18.2. The first-order chi connectivity index (χ1) is 11.4. The summed E-state index contributed by atoms with van der Waals surface area (Å²) in [5, 5.41) is 7.52. The molecule has 0 aliphatic rings. The molecule has 2 aromatic heterocycles. The predicted octanol–water partition coefficient (Wildman–Crippen LogP) is 2.25. The second-order valence-electron chi connectivity index (χ2n) is 5.50. The van der Waals surface area contributed by atoms with Crippen molar-refractivity contribution in [2.24, 2.45) is 0 Å². The molecule has 0 unspecified atom stereocenters. The Balaban J connectivity index is 1.85. The summed E-state index contributed by atoms with van der Waals surface area (Å²) < 4.78 is 26.0. The first-order valence-electron chi connectivity index (χ1n) is 7.43. The van der Waals surface area contributed by atoms with Crippen molar-refractivity contribution in [2.45, 2.75) is 39.3 Å². The summed E-state index contributed by atoms with van der Waals surface area (Å²) in [5.74, 6) is 0.417. The fraction of sp³-hybridized carbons (Fsp3) is 0.571. The topological polar surface area (TPSA) is 75.9 Å². The van der Waals surface area contributed by atoms with Crippen molar-refractivity contribution in [3.63, 3.8) is 0 Å². The normalized spacial score (nSPS) is 12.4. The average molecular weight is 358 g/mol. The van der Waals surface area contributed by atoms with E-state index in [0.29, 0.717) is 12.4 Å². The van der Waals surface area contributed by atoms with Crippen LogP contribution in [0.1, 0.15) is 28.6 Å². The van der Waals surface area contributed by atoms with E-state index in [2.05, 4.69) is 20.4 Å². The number of hydrogen-bond acceptors (Lipinski definition) is 5. The Kier molecular flexibility index (Phi) is 6.18. The second-order valence-corrected chi connectivity index (χ2v) is 6.77. The Labute approximate surface area is 142 Å². The van der Waals surface area contributed by atoms with E-state index in [-0.39, 0.29) is 18.5 Å². The number of alkyl halides is 2. The lowest BCUT2D eigenvalue weighted by Crippen LogP contribution is -2.39. The molecule has 2 rings (SSSR count). The zero-order valence-electron chi connectivity index (χ0n) is 13.7. The molecule has 2 aromatic rings. The van der Waals surface area contributed by atoms with E-state index in [0.717, 1.165) is 14.6 Å². The number of thiazole rings is 1. The number of halogens is 2. The van der Waals surface area contributed by atoms with Gasteiger partial charge in [0.15, 0.2) is 0 Å². The maximum Gasteiger partial charge on any atom is 0.317 e. The largest absolute Gasteiger partial charge is 0.337 e. The highest BCUT2D eigenvalue weighted by molar-refractivity contribution is 7.11. The van der Waals surface area contributed by atoms with Gasteiger partial charge in [-0.15, -0.1) is 11.3 Å². The summed E-state index contributed by atoms with van der Waals surface area (Å²) in [6.45, 7) is 3.97. The molecule has 0 saturated carbocycles. The number of rotatable bonds is 7. The van der Waals surface area contributed by atoms with Crippen molar-refractivity contribution in [2.75, 3.05) is 13.6 Å². The Bertz CT molecular complexity index is 674. The van der Waals surface area contributed by atoms with Gasteiger partial charge in [0.1, 0.15) is 18.7 Å². The van der Waals surface area contributed by atoms with Crippen LogP contribution in [0.4, 0.5) is 13.6 Å². The monoisotopic (exact) mass is 358 g/mol. The van der Waals surface area contributed by atoms with E-state index in [9.17, 15) is 13.6 Å². The van der Waals surface area contributed by atoms with Crippen LogP contribution in [0.25, 0.3) is 0 Å². The van der Waals surface area contributed by atoms with Gasteiger partial charge in [-0.1, -0.05) is 6.92 Å². The molecular formula is C14H20F2N6OS. The molecule has 0 fully saturated rings. The smallest absolute Gasteiger partial charge is 0.317 e. The fourth-order valence-corrected chi connectivity index (χ4v) is 2.87. The van der Waals surface area contributed by atoms with Crippen molar-refractivity contribution < 1.29 is 13.6 Å². The van der Waals surface area contributed by atoms with E-state index < -0.39 is 13.0 Å². The number of amides is 2. The second kappa shape index (κ2) is 8.13. The number of urea groups is 1. The number of carbonyl (C=O) groups is 1. The molecule has 24 heavy (non-hydrogen) atoms. The van der Waals surface area contributed by atoms with Crippen molar-refractivity contribution in [1.82, 2.24) is 30.0 Å². The minimum Gasteiger partial charge on any atom is -0.337 e. The van der Waals surface area contributed by atoms with E-state index in [4.69, 9.17) is 0 Å². The lowest BCUT2D eigenvalue weighted by Gasteiger charge is -2.19. The number of aromatic nitrogens is 4. The number of aryl methyl sites for hydroxylation is 1. The highest BCUT2D eigenvalue weighted by Crippen LogP contribution is 2.20. The predicted molar refractivity (Wildman–Crippen MR) is 86.2 cm³/mol.